The van der Waals surface area contributed by atoms with Crippen molar-refractivity contribution in [1.82, 2.24) is 0 Å². The van der Waals surface area contributed by atoms with Gasteiger partial charge >= 0.3 is 0 Å². The summed E-state index contributed by atoms with van der Waals surface area (Å²) in [5, 5.41) is 3.57. The summed E-state index contributed by atoms with van der Waals surface area (Å²) >= 11 is 0. The standard InChI is InChI=1S/C18H24N2/c1-14-9-10-16(19)17(13-14)20-18(2,3)12-11-15-7-5-4-6-8-15/h4-10,13,20H,11-12,19H2,1-3H3. The zero-order chi connectivity index (χ0) is 14.6. The molecule has 0 aromatic heterocycles. The van der Waals surface area contributed by atoms with Crippen molar-refractivity contribution in [3.05, 3.63) is 59.7 Å². The van der Waals surface area contributed by atoms with Crippen molar-refractivity contribution < 1.29 is 0 Å². The fraction of sp³-hybridized carbons (Fsp3) is 0.333. The molecule has 0 aliphatic carbocycles. The van der Waals surface area contributed by atoms with E-state index in [1.54, 1.807) is 0 Å². The molecule has 0 spiro atoms. The van der Waals surface area contributed by atoms with Crippen molar-refractivity contribution in [1.29, 1.82) is 0 Å². The largest absolute Gasteiger partial charge is 0.397 e. The number of hydrogen-bond donors (Lipinski definition) is 2. The molecular formula is C18H24N2. The molecule has 0 radical (unpaired) electrons. The highest BCUT2D eigenvalue weighted by Crippen LogP contribution is 2.26. The van der Waals surface area contributed by atoms with Crippen molar-refractivity contribution >= 4 is 11.4 Å². The zero-order valence-corrected chi connectivity index (χ0v) is 12.6. The number of benzene rings is 2. The first-order valence-electron chi connectivity index (χ1n) is 7.14. The van der Waals surface area contributed by atoms with Gasteiger partial charge in [-0.25, -0.2) is 0 Å². The molecule has 2 heteroatoms. The molecule has 0 aliphatic rings. The molecule has 0 atom stereocenters. The molecule has 0 unspecified atom stereocenters. The Balaban J connectivity index is 2.01. The van der Waals surface area contributed by atoms with Crippen molar-refractivity contribution in [3.8, 4) is 0 Å². The third-order valence-corrected chi connectivity index (χ3v) is 3.56. The lowest BCUT2D eigenvalue weighted by molar-refractivity contribution is 0.519. The normalized spacial score (nSPS) is 11.3. The Bertz CT molecular complexity index is 559. The summed E-state index contributed by atoms with van der Waals surface area (Å²) in [5.41, 5.74) is 10.5. The summed E-state index contributed by atoms with van der Waals surface area (Å²) in [4.78, 5) is 0. The lowest BCUT2D eigenvalue weighted by Gasteiger charge is -2.28. The minimum absolute atomic E-state index is 0.0117. The van der Waals surface area contributed by atoms with E-state index in [9.17, 15) is 0 Å². The van der Waals surface area contributed by atoms with Crippen LogP contribution in [0.4, 0.5) is 11.4 Å². The maximum Gasteiger partial charge on any atom is 0.0580 e. The van der Waals surface area contributed by atoms with Crippen LogP contribution in [0, 0.1) is 6.92 Å². The fourth-order valence-corrected chi connectivity index (χ4v) is 2.31. The average Bonchev–Trinajstić information content (AvgIpc) is 2.42. The van der Waals surface area contributed by atoms with E-state index in [-0.39, 0.29) is 5.54 Å². The van der Waals surface area contributed by atoms with Gasteiger partial charge in [0.25, 0.3) is 0 Å². The molecule has 2 rings (SSSR count). The summed E-state index contributed by atoms with van der Waals surface area (Å²) in [6.07, 6.45) is 2.12. The first-order chi connectivity index (χ1) is 9.46. The van der Waals surface area contributed by atoms with Gasteiger partial charge in [-0.2, -0.15) is 0 Å². The average molecular weight is 268 g/mol. The van der Waals surface area contributed by atoms with Crippen LogP contribution in [0.5, 0.6) is 0 Å². The molecule has 2 aromatic rings. The Labute approximate surface area is 122 Å². The molecule has 0 fully saturated rings. The first-order valence-corrected chi connectivity index (χ1v) is 7.14. The third kappa shape index (κ3) is 4.02. The lowest BCUT2D eigenvalue weighted by Crippen LogP contribution is -2.31. The fourth-order valence-electron chi connectivity index (χ4n) is 2.31. The highest BCUT2D eigenvalue weighted by atomic mass is 15.0. The molecule has 20 heavy (non-hydrogen) atoms. The van der Waals surface area contributed by atoms with Gasteiger partial charge in [-0.05, 0) is 56.9 Å². The number of rotatable bonds is 5. The van der Waals surface area contributed by atoms with Gasteiger partial charge < -0.3 is 11.1 Å². The number of aryl methyl sites for hydroxylation is 2. The summed E-state index contributed by atoms with van der Waals surface area (Å²) in [6.45, 7) is 6.52. The predicted molar refractivity (Wildman–Crippen MR) is 88.1 cm³/mol. The van der Waals surface area contributed by atoms with Gasteiger partial charge in [0.1, 0.15) is 0 Å². The molecule has 2 nitrogen and oxygen atoms in total. The summed E-state index contributed by atoms with van der Waals surface area (Å²) in [7, 11) is 0. The van der Waals surface area contributed by atoms with Crippen LogP contribution in [0.2, 0.25) is 0 Å². The molecule has 3 N–H and O–H groups in total. The molecule has 0 heterocycles. The van der Waals surface area contributed by atoms with Crippen LogP contribution in [0.3, 0.4) is 0 Å². The number of anilines is 2. The first kappa shape index (κ1) is 14.4. The maximum absolute atomic E-state index is 6.04. The minimum atomic E-state index is 0.0117. The van der Waals surface area contributed by atoms with Crippen molar-refractivity contribution in [2.75, 3.05) is 11.1 Å². The SMILES string of the molecule is Cc1ccc(N)c(NC(C)(C)CCc2ccccc2)c1. The van der Waals surface area contributed by atoms with Gasteiger partial charge in [-0.15, -0.1) is 0 Å². The van der Waals surface area contributed by atoms with Gasteiger partial charge in [-0.1, -0.05) is 36.4 Å². The molecule has 0 saturated heterocycles. The topological polar surface area (TPSA) is 38.0 Å². The molecule has 0 bridgehead atoms. The molecule has 0 saturated carbocycles. The Hall–Kier alpha value is -1.96. The van der Waals surface area contributed by atoms with Crippen LogP contribution in [0.15, 0.2) is 48.5 Å². The van der Waals surface area contributed by atoms with Crippen LogP contribution in [-0.4, -0.2) is 5.54 Å². The highest BCUT2D eigenvalue weighted by Gasteiger charge is 2.18. The van der Waals surface area contributed by atoms with E-state index in [0.717, 1.165) is 24.2 Å². The van der Waals surface area contributed by atoms with Crippen LogP contribution in [0.1, 0.15) is 31.4 Å². The highest BCUT2D eigenvalue weighted by molar-refractivity contribution is 5.67. The minimum Gasteiger partial charge on any atom is -0.397 e. The van der Waals surface area contributed by atoms with E-state index in [0.29, 0.717) is 0 Å². The van der Waals surface area contributed by atoms with Gasteiger partial charge in [-0.3, -0.25) is 0 Å². The molecular weight excluding hydrogens is 244 g/mol. The van der Waals surface area contributed by atoms with Crippen LogP contribution < -0.4 is 11.1 Å². The number of nitrogens with two attached hydrogens (primary N) is 1. The predicted octanol–water partition coefficient (Wildman–Crippen LogP) is 4.40. The lowest BCUT2D eigenvalue weighted by atomic mass is 9.94. The second-order valence-corrected chi connectivity index (χ2v) is 6.09. The number of nitrogen functional groups attached to an aromatic ring is 1. The zero-order valence-electron chi connectivity index (χ0n) is 12.6. The van der Waals surface area contributed by atoms with Gasteiger partial charge in [0.05, 0.1) is 11.4 Å². The third-order valence-electron chi connectivity index (χ3n) is 3.56. The van der Waals surface area contributed by atoms with E-state index in [2.05, 4.69) is 62.5 Å². The maximum atomic E-state index is 6.04. The smallest absolute Gasteiger partial charge is 0.0580 e. The van der Waals surface area contributed by atoms with E-state index in [1.807, 2.05) is 12.1 Å². The Morgan fingerprint density at radius 1 is 1.05 bits per heavy atom. The van der Waals surface area contributed by atoms with E-state index in [4.69, 9.17) is 5.73 Å². The van der Waals surface area contributed by atoms with Crippen molar-refractivity contribution in [2.45, 2.75) is 39.2 Å². The van der Waals surface area contributed by atoms with Crippen molar-refractivity contribution in [2.24, 2.45) is 0 Å². The van der Waals surface area contributed by atoms with Gasteiger partial charge in [0.15, 0.2) is 0 Å². The molecule has 2 aromatic carbocycles. The monoisotopic (exact) mass is 268 g/mol. The quantitative estimate of drug-likeness (QED) is 0.789. The Morgan fingerprint density at radius 2 is 1.75 bits per heavy atom. The van der Waals surface area contributed by atoms with E-state index in [1.165, 1.54) is 11.1 Å². The van der Waals surface area contributed by atoms with Crippen LogP contribution >= 0.6 is 0 Å². The van der Waals surface area contributed by atoms with Crippen molar-refractivity contribution in [3.63, 3.8) is 0 Å². The second-order valence-electron chi connectivity index (χ2n) is 6.09. The Kier molecular flexibility index (Phi) is 4.33. The van der Waals surface area contributed by atoms with Crippen LogP contribution in [-0.2, 0) is 6.42 Å². The summed E-state index contributed by atoms with van der Waals surface area (Å²) in [6, 6.07) is 16.7. The summed E-state index contributed by atoms with van der Waals surface area (Å²) < 4.78 is 0. The molecule has 0 amide bonds. The summed E-state index contributed by atoms with van der Waals surface area (Å²) in [5.74, 6) is 0. The molecule has 106 valence electrons. The van der Waals surface area contributed by atoms with Gasteiger partial charge in [0, 0.05) is 5.54 Å². The Morgan fingerprint density at radius 3 is 2.45 bits per heavy atom. The molecule has 0 aliphatic heterocycles. The van der Waals surface area contributed by atoms with E-state index >= 15 is 0 Å². The number of hydrogen-bond acceptors (Lipinski definition) is 2. The van der Waals surface area contributed by atoms with E-state index < -0.39 is 0 Å². The van der Waals surface area contributed by atoms with Gasteiger partial charge in [0.2, 0.25) is 0 Å². The van der Waals surface area contributed by atoms with Crippen LogP contribution in [0.25, 0.3) is 0 Å². The number of nitrogens with one attached hydrogen (secondary N) is 1. The second kappa shape index (κ2) is 6.00.